The van der Waals surface area contributed by atoms with Crippen LogP contribution >= 0.6 is 0 Å². The van der Waals surface area contributed by atoms with Crippen LogP contribution < -0.4 is 0 Å². The zero-order valence-electron chi connectivity index (χ0n) is 28.8. The van der Waals surface area contributed by atoms with Crippen LogP contribution in [-0.4, -0.2) is 72.8 Å². The van der Waals surface area contributed by atoms with E-state index in [2.05, 4.69) is 0 Å². The Balaban J connectivity index is 1.11. The molecule has 0 radical (unpaired) electrons. The molecule has 7 rings (SSSR count). The fraction of sp³-hybridized carbons (Fsp3) is 0.525. The molecule has 3 aliphatic heterocycles. The fourth-order valence-electron chi connectivity index (χ4n) is 7.65. The molecule has 0 bridgehead atoms. The van der Waals surface area contributed by atoms with Crippen molar-refractivity contribution in [2.24, 2.45) is 5.92 Å². The van der Waals surface area contributed by atoms with Gasteiger partial charge in [-0.15, -0.1) is 0 Å². The fourth-order valence-corrected chi connectivity index (χ4v) is 7.65. The molecule has 1 aliphatic carbocycles. The number of hydrogen-bond donors (Lipinski definition) is 0. The van der Waals surface area contributed by atoms with E-state index in [9.17, 15) is 4.79 Å². The van der Waals surface area contributed by atoms with E-state index in [-0.39, 0.29) is 49.1 Å². The zero-order chi connectivity index (χ0) is 34.0. The largest absolute Gasteiger partial charge is 0.374 e. The first kappa shape index (κ1) is 34.5. The predicted molar refractivity (Wildman–Crippen MR) is 180 cm³/mol. The quantitative estimate of drug-likeness (QED) is 0.212. The molecule has 9 nitrogen and oxygen atoms in total. The third-order valence-corrected chi connectivity index (χ3v) is 9.80. The summed E-state index contributed by atoms with van der Waals surface area (Å²) in [4.78, 5) is 14.3. The second kappa shape index (κ2) is 14.7. The van der Waals surface area contributed by atoms with Crippen molar-refractivity contribution in [1.29, 1.82) is 0 Å². The molecular weight excluding hydrogens is 624 g/mol. The highest BCUT2D eigenvalue weighted by molar-refractivity contribution is 5.83. The van der Waals surface area contributed by atoms with Gasteiger partial charge >= 0.3 is 0 Å². The lowest BCUT2D eigenvalue weighted by atomic mass is 9.89. The summed E-state index contributed by atoms with van der Waals surface area (Å²) in [7, 11) is 0. The summed E-state index contributed by atoms with van der Waals surface area (Å²) >= 11 is 0. The Bertz CT molecular complexity index is 1480. The topological polar surface area (TPSA) is 90.9 Å². The maximum Gasteiger partial charge on any atom is 0.163 e. The molecule has 49 heavy (non-hydrogen) atoms. The van der Waals surface area contributed by atoms with Gasteiger partial charge in [-0.05, 0) is 44.4 Å². The molecule has 9 heteroatoms. The molecule has 3 heterocycles. The molecule has 3 saturated heterocycles. The first-order valence-corrected chi connectivity index (χ1v) is 17.5. The van der Waals surface area contributed by atoms with Crippen molar-refractivity contribution in [3.05, 3.63) is 108 Å². The smallest absolute Gasteiger partial charge is 0.163 e. The maximum absolute atomic E-state index is 14.3. The first-order chi connectivity index (χ1) is 23.6. The van der Waals surface area contributed by atoms with Crippen LogP contribution in [0, 0.1) is 5.92 Å². The van der Waals surface area contributed by atoms with Crippen molar-refractivity contribution >= 4 is 5.78 Å². The van der Waals surface area contributed by atoms with E-state index in [1.165, 1.54) is 0 Å². The molecular formula is C40H48O9. The second-order valence-corrected chi connectivity index (χ2v) is 14.5. The molecule has 0 unspecified atom stereocenters. The van der Waals surface area contributed by atoms with Crippen molar-refractivity contribution in [2.75, 3.05) is 6.61 Å². The van der Waals surface area contributed by atoms with E-state index in [4.69, 9.17) is 37.9 Å². The Hall–Kier alpha value is -2.99. The van der Waals surface area contributed by atoms with E-state index in [0.29, 0.717) is 26.2 Å². The molecule has 1 saturated carbocycles. The number of carbonyl (C=O) groups excluding carboxylic acids is 1. The highest BCUT2D eigenvalue weighted by atomic mass is 16.8. The minimum atomic E-state index is -0.778. The summed E-state index contributed by atoms with van der Waals surface area (Å²) in [5, 5.41) is 0. The molecule has 0 aromatic heterocycles. The number of carbonyl (C=O) groups is 1. The van der Waals surface area contributed by atoms with Gasteiger partial charge in [0.1, 0.15) is 30.5 Å². The molecule has 3 aromatic carbocycles. The summed E-state index contributed by atoms with van der Waals surface area (Å²) < 4.78 is 51.4. The molecule has 3 aromatic rings. The van der Waals surface area contributed by atoms with Crippen molar-refractivity contribution in [1.82, 2.24) is 0 Å². The molecule has 0 N–H and O–H groups in total. The van der Waals surface area contributed by atoms with Crippen molar-refractivity contribution in [3.63, 3.8) is 0 Å². The predicted octanol–water partition coefficient (Wildman–Crippen LogP) is 6.16. The number of fused-ring (bicyclic) bond motifs is 3. The van der Waals surface area contributed by atoms with Gasteiger partial charge in [-0.1, -0.05) is 91.0 Å². The van der Waals surface area contributed by atoms with Gasteiger partial charge in [-0.25, -0.2) is 0 Å². The molecule has 4 aliphatic rings. The van der Waals surface area contributed by atoms with Crippen molar-refractivity contribution in [3.8, 4) is 0 Å². The van der Waals surface area contributed by atoms with Crippen LogP contribution in [0.25, 0.3) is 0 Å². The van der Waals surface area contributed by atoms with Crippen LogP contribution in [0.3, 0.4) is 0 Å². The standard InChI is InChI=1S/C40H48O9/c1-39(2)46-34-29(35-38(37(34)48-39)49-40(3,4)47-35)20-30(41)31-21-32(43-23-27-16-10-6-11-17-27)36(44-24-28-18-12-7-13-19-28)33(45-31)25-42-22-26-14-8-5-9-15-26/h5-19,29,31-38H,20-25H2,1-4H3/t31-,32+,33+,34+,35+,36-,37+,38+/m0/s1. The number of Topliss-reactive ketones (excluding diaryl/α,β-unsaturated/α-hetero) is 1. The number of hydrogen-bond acceptors (Lipinski definition) is 9. The Morgan fingerprint density at radius 3 is 1.65 bits per heavy atom. The van der Waals surface area contributed by atoms with Crippen LogP contribution in [0.4, 0.5) is 0 Å². The normalized spacial score (nSPS) is 32.9. The lowest BCUT2D eigenvalue weighted by molar-refractivity contribution is -0.220. The van der Waals surface area contributed by atoms with Crippen LogP contribution in [0.15, 0.2) is 91.0 Å². The highest BCUT2D eigenvalue weighted by Gasteiger charge is 2.65. The van der Waals surface area contributed by atoms with Gasteiger partial charge in [0.25, 0.3) is 0 Å². The summed E-state index contributed by atoms with van der Waals surface area (Å²) in [6.45, 7) is 8.99. The number of rotatable bonds is 13. The Kier molecular flexibility index (Phi) is 10.3. The average Bonchev–Trinajstić information content (AvgIpc) is 3.67. The van der Waals surface area contributed by atoms with Gasteiger partial charge in [0.05, 0.1) is 44.7 Å². The van der Waals surface area contributed by atoms with E-state index >= 15 is 0 Å². The molecule has 262 valence electrons. The Morgan fingerprint density at radius 1 is 0.653 bits per heavy atom. The van der Waals surface area contributed by atoms with Gasteiger partial charge in [0.15, 0.2) is 17.4 Å². The summed E-state index contributed by atoms with van der Waals surface area (Å²) in [5.41, 5.74) is 3.14. The van der Waals surface area contributed by atoms with E-state index < -0.39 is 36.0 Å². The summed E-state index contributed by atoms with van der Waals surface area (Å²) in [6.07, 6.45) is -2.91. The molecule has 0 amide bonds. The Morgan fingerprint density at radius 2 is 1.12 bits per heavy atom. The van der Waals surface area contributed by atoms with Gasteiger partial charge < -0.3 is 37.9 Å². The lowest BCUT2D eigenvalue weighted by Gasteiger charge is -2.41. The van der Waals surface area contributed by atoms with Gasteiger partial charge in [0, 0.05) is 18.8 Å². The van der Waals surface area contributed by atoms with Crippen LogP contribution in [-0.2, 0) is 62.5 Å². The van der Waals surface area contributed by atoms with Gasteiger partial charge in [-0.2, -0.15) is 0 Å². The van der Waals surface area contributed by atoms with Crippen molar-refractivity contribution < 1.29 is 42.7 Å². The first-order valence-electron chi connectivity index (χ1n) is 17.5. The molecule has 8 atom stereocenters. The number of ketones is 1. The van der Waals surface area contributed by atoms with Crippen LogP contribution in [0.5, 0.6) is 0 Å². The zero-order valence-corrected chi connectivity index (χ0v) is 28.8. The average molecular weight is 673 g/mol. The third kappa shape index (κ3) is 8.16. The SMILES string of the molecule is CC1(C)O[C@H]2[C@@H]3OC(C)(C)O[C@@H]3C(CC(=O)[C@@H]3C[C@@H](OCc4ccccc4)[C@H](OCc4ccccc4)[C@@H](COCc4ccccc4)O3)[C@H]2O1. The highest BCUT2D eigenvalue weighted by Crippen LogP contribution is 2.50. The summed E-state index contributed by atoms with van der Waals surface area (Å²) in [6, 6.07) is 30.1. The van der Waals surface area contributed by atoms with Crippen molar-refractivity contribution in [2.45, 2.75) is 121 Å². The van der Waals surface area contributed by atoms with Gasteiger partial charge in [0.2, 0.25) is 0 Å². The minimum Gasteiger partial charge on any atom is -0.374 e. The second-order valence-electron chi connectivity index (χ2n) is 14.5. The van der Waals surface area contributed by atoms with Crippen LogP contribution in [0.1, 0.15) is 57.2 Å². The minimum absolute atomic E-state index is 0.0334. The third-order valence-electron chi connectivity index (χ3n) is 9.80. The summed E-state index contributed by atoms with van der Waals surface area (Å²) in [5.74, 6) is -1.84. The van der Waals surface area contributed by atoms with Gasteiger partial charge in [-0.3, -0.25) is 4.79 Å². The number of ether oxygens (including phenoxy) is 8. The molecule has 0 spiro atoms. The Labute approximate surface area is 289 Å². The monoisotopic (exact) mass is 672 g/mol. The maximum atomic E-state index is 14.3. The van der Waals surface area contributed by atoms with E-state index in [1.807, 2.05) is 119 Å². The van der Waals surface area contributed by atoms with E-state index in [0.717, 1.165) is 16.7 Å². The van der Waals surface area contributed by atoms with E-state index in [1.54, 1.807) is 0 Å². The lowest BCUT2D eigenvalue weighted by Crippen LogP contribution is -2.54. The van der Waals surface area contributed by atoms with Crippen LogP contribution in [0.2, 0.25) is 0 Å². The number of benzene rings is 3. The molecule has 4 fully saturated rings.